The van der Waals surface area contributed by atoms with Crippen LogP contribution in [0.25, 0.3) is 0 Å². The van der Waals surface area contributed by atoms with Crippen molar-refractivity contribution in [3.8, 4) is 0 Å². The van der Waals surface area contributed by atoms with Gasteiger partial charge in [0.2, 0.25) is 0 Å². The lowest BCUT2D eigenvalue weighted by Crippen LogP contribution is -2.27. The summed E-state index contributed by atoms with van der Waals surface area (Å²) in [6.45, 7) is 4.39. The molecule has 0 amide bonds. The average Bonchev–Trinajstić information content (AvgIpc) is 2.46. The summed E-state index contributed by atoms with van der Waals surface area (Å²) in [5, 5.41) is 4.09. The Hall–Kier alpha value is 0.210. The number of alkyl halides is 1. The molecule has 0 aromatic carbocycles. The Labute approximate surface area is 123 Å². The van der Waals surface area contributed by atoms with Crippen molar-refractivity contribution < 1.29 is 4.74 Å². The van der Waals surface area contributed by atoms with Crippen molar-refractivity contribution in [3.05, 3.63) is 0 Å². The molecule has 0 atom stereocenters. The second-order valence-corrected chi connectivity index (χ2v) is 6.99. The van der Waals surface area contributed by atoms with Gasteiger partial charge < -0.3 is 10.1 Å². The summed E-state index contributed by atoms with van der Waals surface area (Å²) in [4.78, 5) is 0. The average molecular weight is 288 g/mol. The Bertz CT molecular complexity index is 223. The van der Waals surface area contributed by atoms with Gasteiger partial charge in [-0.1, -0.05) is 12.8 Å². The summed E-state index contributed by atoms with van der Waals surface area (Å²) in [6.07, 6.45) is 11.8. The minimum Gasteiger partial charge on any atom is -0.381 e. The lowest BCUT2D eigenvalue weighted by atomic mass is 9.89. The summed E-state index contributed by atoms with van der Waals surface area (Å²) in [6, 6.07) is 0. The van der Waals surface area contributed by atoms with Crippen molar-refractivity contribution in [2.75, 3.05) is 26.3 Å². The number of ether oxygens (including phenoxy) is 1. The van der Waals surface area contributed by atoms with Gasteiger partial charge in [-0.15, -0.1) is 11.6 Å². The maximum Gasteiger partial charge on any atom is 0.0468 e. The van der Waals surface area contributed by atoms with Gasteiger partial charge in [-0.05, 0) is 69.9 Å². The predicted molar refractivity (Wildman–Crippen MR) is 81.9 cm³/mol. The number of hydrogen-bond acceptors (Lipinski definition) is 2. The second-order valence-electron chi connectivity index (χ2n) is 6.37. The second kappa shape index (κ2) is 9.20. The number of nitrogens with one attached hydrogen (secondary N) is 1. The summed E-state index contributed by atoms with van der Waals surface area (Å²) in [7, 11) is 0. The van der Waals surface area contributed by atoms with E-state index in [9.17, 15) is 0 Å². The number of rotatable bonds is 7. The van der Waals surface area contributed by atoms with Gasteiger partial charge in [0.05, 0.1) is 0 Å². The number of hydrogen-bond donors (Lipinski definition) is 1. The topological polar surface area (TPSA) is 21.3 Å². The van der Waals surface area contributed by atoms with Crippen molar-refractivity contribution in [1.82, 2.24) is 5.32 Å². The Morgan fingerprint density at radius 2 is 1.63 bits per heavy atom. The van der Waals surface area contributed by atoms with Crippen LogP contribution >= 0.6 is 11.6 Å². The highest BCUT2D eigenvalue weighted by Gasteiger charge is 2.18. The van der Waals surface area contributed by atoms with Crippen LogP contribution in [0, 0.1) is 11.8 Å². The molecule has 112 valence electrons. The van der Waals surface area contributed by atoms with Crippen LogP contribution < -0.4 is 5.32 Å². The first-order chi connectivity index (χ1) is 9.34. The molecule has 1 heterocycles. The first-order valence-electron chi connectivity index (χ1n) is 8.27. The molecule has 19 heavy (non-hydrogen) atoms. The highest BCUT2D eigenvalue weighted by Crippen LogP contribution is 2.27. The van der Waals surface area contributed by atoms with Crippen molar-refractivity contribution in [2.24, 2.45) is 11.8 Å². The monoisotopic (exact) mass is 287 g/mol. The Morgan fingerprint density at radius 3 is 2.37 bits per heavy atom. The molecule has 1 saturated heterocycles. The standard InChI is InChI=1S/C16H30ClNO/c17-16-6-4-15(5-7-16)13-18-10-2-1-3-14-8-11-19-12-9-14/h14-16,18H,1-13H2. The molecule has 2 aliphatic rings. The van der Waals surface area contributed by atoms with Crippen LogP contribution in [0.15, 0.2) is 0 Å². The molecule has 1 aliphatic heterocycles. The van der Waals surface area contributed by atoms with Crippen LogP contribution in [-0.2, 0) is 4.74 Å². The molecule has 0 spiro atoms. The quantitative estimate of drug-likeness (QED) is 0.565. The van der Waals surface area contributed by atoms with E-state index >= 15 is 0 Å². The maximum absolute atomic E-state index is 6.13. The van der Waals surface area contributed by atoms with Crippen molar-refractivity contribution >= 4 is 11.6 Å². The summed E-state index contributed by atoms with van der Waals surface area (Å²) in [5.74, 6) is 1.82. The Balaban J connectivity index is 1.39. The van der Waals surface area contributed by atoms with Gasteiger partial charge >= 0.3 is 0 Å². The van der Waals surface area contributed by atoms with E-state index in [1.165, 1.54) is 70.9 Å². The van der Waals surface area contributed by atoms with Crippen LogP contribution in [0.2, 0.25) is 0 Å². The van der Waals surface area contributed by atoms with E-state index in [0.717, 1.165) is 25.0 Å². The smallest absolute Gasteiger partial charge is 0.0468 e. The van der Waals surface area contributed by atoms with E-state index in [-0.39, 0.29) is 0 Å². The van der Waals surface area contributed by atoms with Crippen molar-refractivity contribution in [3.63, 3.8) is 0 Å². The van der Waals surface area contributed by atoms with Crippen LogP contribution in [0.1, 0.15) is 57.8 Å². The van der Waals surface area contributed by atoms with Gasteiger partial charge in [0.25, 0.3) is 0 Å². The fourth-order valence-electron chi connectivity index (χ4n) is 3.35. The zero-order valence-electron chi connectivity index (χ0n) is 12.2. The minimum absolute atomic E-state index is 0.454. The molecule has 1 aliphatic carbocycles. The van der Waals surface area contributed by atoms with Gasteiger partial charge in [-0.25, -0.2) is 0 Å². The molecule has 2 nitrogen and oxygen atoms in total. The van der Waals surface area contributed by atoms with Crippen molar-refractivity contribution in [2.45, 2.75) is 63.2 Å². The van der Waals surface area contributed by atoms with Gasteiger partial charge in [-0.2, -0.15) is 0 Å². The molecular formula is C16H30ClNO. The summed E-state index contributed by atoms with van der Waals surface area (Å²) < 4.78 is 5.40. The van der Waals surface area contributed by atoms with Crippen LogP contribution in [-0.4, -0.2) is 31.7 Å². The molecule has 2 rings (SSSR count). The molecule has 0 bridgehead atoms. The maximum atomic E-state index is 6.13. The molecule has 0 unspecified atom stereocenters. The van der Waals surface area contributed by atoms with E-state index in [1.807, 2.05) is 0 Å². The zero-order chi connectivity index (χ0) is 13.3. The van der Waals surface area contributed by atoms with E-state index in [0.29, 0.717) is 5.38 Å². The third kappa shape index (κ3) is 6.46. The minimum atomic E-state index is 0.454. The lowest BCUT2D eigenvalue weighted by molar-refractivity contribution is 0.0631. The SMILES string of the molecule is ClC1CCC(CNCCCCC2CCOCC2)CC1. The van der Waals surface area contributed by atoms with Crippen LogP contribution in [0.4, 0.5) is 0 Å². The van der Waals surface area contributed by atoms with Gasteiger partial charge in [0, 0.05) is 18.6 Å². The van der Waals surface area contributed by atoms with E-state index in [2.05, 4.69) is 5.32 Å². The molecule has 0 radical (unpaired) electrons. The molecule has 1 saturated carbocycles. The normalized spacial score (nSPS) is 29.5. The summed E-state index contributed by atoms with van der Waals surface area (Å²) in [5.41, 5.74) is 0. The first kappa shape index (κ1) is 15.6. The zero-order valence-corrected chi connectivity index (χ0v) is 13.0. The molecule has 3 heteroatoms. The third-order valence-electron chi connectivity index (χ3n) is 4.77. The first-order valence-corrected chi connectivity index (χ1v) is 8.71. The lowest BCUT2D eigenvalue weighted by Gasteiger charge is -2.25. The Kier molecular flexibility index (Phi) is 7.55. The third-order valence-corrected chi connectivity index (χ3v) is 5.20. The van der Waals surface area contributed by atoms with Gasteiger partial charge in [0.15, 0.2) is 0 Å². The number of unbranched alkanes of at least 4 members (excludes halogenated alkanes) is 1. The van der Waals surface area contributed by atoms with Gasteiger partial charge in [-0.3, -0.25) is 0 Å². The van der Waals surface area contributed by atoms with Gasteiger partial charge in [0.1, 0.15) is 0 Å². The van der Waals surface area contributed by atoms with Crippen molar-refractivity contribution in [1.29, 1.82) is 0 Å². The van der Waals surface area contributed by atoms with Crippen LogP contribution in [0.5, 0.6) is 0 Å². The number of halogens is 1. The fraction of sp³-hybridized carbons (Fsp3) is 1.00. The molecular weight excluding hydrogens is 258 g/mol. The fourth-order valence-corrected chi connectivity index (χ4v) is 3.60. The van der Waals surface area contributed by atoms with E-state index in [4.69, 9.17) is 16.3 Å². The van der Waals surface area contributed by atoms with Crippen LogP contribution in [0.3, 0.4) is 0 Å². The predicted octanol–water partition coefficient (Wildman–Crippen LogP) is 3.97. The largest absolute Gasteiger partial charge is 0.381 e. The van der Waals surface area contributed by atoms with E-state index < -0.39 is 0 Å². The van der Waals surface area contributed by atoms with E-state index in [1.54, 1.807) is 0 Å². The summed E-state index contributed by atoms with van der Waals surface area (Å²) >= 11 is 6.13. The molecule has 1 N–H and O–H groups in total. The molecule has 2 fully saturated rings. The molecule has 0 aromatic rings. The Morgan fingerprint density at radius 1 is 0.895 bits per heavy atom. The molecule has 0 aromatic heterocycles. The highest BCUT2D eigenvalue weighted by molar-refractivity contribution is 6.20. The highest BCUT2D eigenvalue weighted by atomic mass is 35.5.